The van der Waals surface area contributed by atoms with Crippen LogP contribution in [0.1, 0.15) is 129 Å². The van der Waals surface area contributed by atoms with Crippen molar-refractivity contribution in [2.24, 2.45) is 0 Å². The van der Waals surface area contributed by atoms with Gasteiger partial charge in [-0.05, 0) is 59.8 Å². The van der Waals surface area contributed by atoms with Crippen molar-refractivity contribution >= 4 is 6.79 Å². The van der Waals surface area contributed by atoms with E-state index < -0.39 is 0 Å². The Balaban J connectivity index is -0.000000145. The predicted octanol–water partition coefficient (Wildman–Crippen LogP) is 10.4. The first-order valence-corrected chi connectivity index (χ1v) is 11.8. The summed E-state index contributed by atoms with van der Waals surface area (Å²) in [5.41, 5.74) is 6.27. The zero-order chi connectivity index (χ0) is 26.0. The second kappa shape index (κ2) is 30.3. The molecule has 0 unspecified atom stereocenters. The molecule has 1 rings (SSSR count). The van der Waals surface area contributed by atoms with Crippen molar-refractivity contribution in [3.05, 3.63) is 72.9 Å². The number of hydrogen-bond donors (Lipinski definition) is 0. The molecule has 0 fully saturated rings. The summed E-state index contributed by atoms with van der Waals surface area (Å²) in [6, 6.07) is 4.90. The molecule has 0 radical (unpaired) electrons. The second-order valence-corrected chi connectivity index (χ2v) is 7.50. The van der Waals surface area contributed by atoms with Crippen molar-refractivity contribution in [2.45, 2.75) is 113 Å². The fourth-order valence-corrected chi connectivity index (χ4v) is 2.64. The van der Waals surface area contributed by atoms with Gasteiger partial charge in [-0.25, -0.2) is 0 Å². The van der Waals surface area contributed by atoms with Crippen molar-refractivity contribution < 1.29 is 4.79 Å². The molecule has 1 aromatic carbocycles. The quantitative estimate of drug-likeness (QED) is 0.408. The van der Waals surface area contributed by atoms with E-state index in [9.17, 15) is 0 Å². The number of benzene rings is 1. The van der Waals surface area contributed by atoms with E-state index >= 15 is 0 Å². The maximum absolute atomic E-state index is 8.00. The van der Waals surface area contributed by atoms with Gasteiger partial charge in [-0.2, -0.15) is 0 Å². The van der Waals surface area contributed by atoms with Crippen LogP contribution in [0.4, 0.5) is 0 Å². The first-order valence-electron chi connectivity index (χ1n) is 11.8. The van der Waals surface area contributed by atoms with Crippen molar-refractivity contribution in [1.29, 1.82) is 0 Å². The van der Waals surface area contributed by atoms with Gasteiger partial charge in [0.05, 0.1) is 0 Å². The Bertz CT molecular complexity index is 478. The van der Waals surface area contributed by atoms with Crippen molar-refractivity contribution in [3.63, 3.8) is 0 Å². The molecule has 0 amide bonds. The first-order chi connectivity index (χ1) is 14.7. The van der Waals surface area contributed by atoms with Crippen molar-refractivity contribution in [3.8, 4) is 0 Å². The van der Waals surface area contributed by atoms with Crippen LogP contribution < -0.4 is 0 Å². The minimum atomic E-state index is 0.621. The molecule has 0 aliphatic carbocycles. The van der Waals surface area contributed by atoms with Gasteiger partial charge < -0.3 is 4.79 Å². The summed E-state index contributed by atoms with van der Waals surface area (Å²) in [7, 11) is 0. The average molecular weight is 433 g/mol. The zero-order valence-corrected chi connectivity index (χ0v) is 23.1. The highest BCUT2D eigenvalue weighted by atomic mass is 16.1. The molecule has 0 saturated carbocycles. The predicted molar refractivity (Wildman–Crippen MR) is 149 cm³/mol. The molecule has 1 nitrogen and oxygen atoms in total. The molecule has 0 aliphatic heterocycles. The highest BCUT2D eigenvalue weighted by Gasteiger charge is 2.16. The van der Waals surface area contributed by atoms with Gasteiger partial charge >= 0.3 is 0 Å². The lowest BCUT2D eigenvalue weighted by atomic mass is 9.83. The van der Waals surface area contributed by atoms with Crippen LogP contribution in [0.3, 0.4) is 0 Å². The largest absolute Gasteiger partial charge is 0.307 e. The molecule has 0 heterocycles. The van der Waals surface area contributed by atoms with Gasteiger partial charge in [-0.3, -0.25) is 0 Å². The van der Waals surface area contributed by atoms with Gasteiger partial charge in [0.2, 0.25) is 0 Å². The number of hydrogen-bond acceptors (Lipinski definition) is 1. The lowest BCUT2D eigenvalue weighted by Crippen LogP contribution is -2.06. The molecule has 1 aromatic rings. The molecule has 0 aliphatic rings. The second-order valence-electron chi connectivity index (χ2n) is 7.50. The fourth-order valence-electron chi connectivity index (χ4n) is 2.64. The van der Waals surface area contributed by atoms with E-state index in [1.165, 1.54) is 18.4 Å². The number of carbonyl (C=O) groups excluding carboxylic acids is 1. The smallest absolute Gasteiger partial charge is 0.106 e. The topological polar surface area (TPSA) is 17.1 Å². The number of carbonyl (C=O) groups is 1. The van der Waals surface area contributed by atoms with Crippen LogP contribution in [-0.2, 0) is 11.2 Å². The van der Waals surface area contributed by atoms with E-state index in [0.29, 0.717) is 17.8 Å². The van der Waals surface area contributed by atoms with Gasteiger partial charge in [0.25, 0.3) is 0 Å². The highest BCUT2D eigenvalue weighted by Crippen LogP contribution is 2.32. The van der Waals surface area contributed by atoms with Crippen LogP contribution in [0.2, 0.25) is 0 Å². The van der Waals surface area contributed by atoms with E-state index in [4.69, 9.17) is 4.79 Å². The Morgan fingerprint density at radius 3 is 1.26 bits per heavy atom. The Morgan fingerprint density at radius 2 is 1.10 bits per heavy atom. The summed E-state index contributed by atoms with van der Waals surface area (Å²) >= 11 is 0. The molecule has 31 heavy (non-hydrogen) atoms. The minimum Gasteiger partial charge on any atom is -0.307 e. The summed E-state index contributed by atoms with van der Waals surface area (Å²) < 4.78 is 0. The average Bonchev–Trinajstić information content (AvgIpc) is 2.78. The first kappa shape index (κ1) is 39.6. The maximum Gasteiger partial charge on any atom is 0.106 e. The summed E-state index contributed by atoms with van der Waals surface area (Å²) in [6.07, 6.45) is 7.17. The third-order valence-corrected chi connectivity index (χ3v) is 4.04. The van der Waals surface area contributed by atoms with Crippen LogP contribution in [-0.4, -0.2) is 6.79 Å². The van der Waals surface area contributed by atoms with Crippen LogP contribution in [0.5, 0.6) is 0 Å². The minimum absolute atomic E-state index is 0.621. The molecule has 0 aromatic heterocycles. The highest BCUT2D eigenvalue weighted by molar-refractivity contribution is 5.43. The van der Waals surface area contributed by atoms with Gasteiger partial charge in [-0.15, -0.1) is 26.3 Å². The van der Waals surface area contributed by atoms with E-state index in [0.717, 1.165) is 6.42 Å². The van der Waals surface area contributed by atoms with Gasteiger partial charge in [0.1, 0.15) is 6.79 Å². The maximum atomic E-state index is 8.00. The molecule has 0 spiro atoms. The lowest BCUT2D eigenvalue weighted by molar-refractivity contribution is -0.0979. The molecule has 0 saturated heterocycles. The fraction of sp³-hybridized carbons (Fsp3) is 0.567. The molecular formula is C30H56O. The third-order valence-electron chi connectivity index (χ3n) is 4.04. The van der Waals surface area contributed by atoms with Gasteiger partial charge in [-0.1, -0.05) is 99.9 Å². The summed E-state index contributed by atoms with van der Waals surface area (Å²) in [5, 5.41) is 0. The molecule has 0 bridgehead atoms. The van der Waals surface area contributed by atoms with Crippen molar-refractivity contribution in [1.82, 2.24) is 0 Å². The van der Waals surface area contributed by atoms with Crippen LogP contribution in [0.25, 0.3) is 0 Å². The van der Waals surface area contributed by atoms with E-state index in [1.54, 1.807) is 22.8 Å². The van der Waals surface area contributed by atoms with Gasteiger partial charge in [0, 0.05) is 0 Å². The number of rotatable bonds is 6. The summed E-state index contributed by atoms with van der Waals surface area (Å²) in [5.74, 6) is 1.88. The summed E-state index contributed by atoms with van der Waals surface area (Å²) in [6.45, 7) is 39.0. The Labute approximate surface area is 197 Å². The Hall–Kier alpha value is -1.89. The van der Waals surface area contributed by atoms with E-state index in [-0.39, 0.29) is 0 Å². The normalized spacial score (nSPS) is 8.58. The zero-order valence-electron chi connectivity index (χ0n) is 23.1. The van der Waals surface area contributed by atoms with E-state index in [1.807, 2.05) is 33.6 Å². The molecular weight excluding hydrogens is 376 g/mol. The van der Waals surface area contributed by atoms with Gasteiger partial charge in [0.15, 0.2) is 0 Å². The third kappa shape index (κ3) is 21.1. The van der Waals surface area contributed by atoms with Crippen LogP contribution in [0, 0.1) is 0 Å². The standard InChI is InChI=1S/C18H30.C4H8.C3H6.C2H6.C2H4.CH2O/c1-8-9-16-17(13(4)5)10-15(12(2)3)11-18(16)14(6)7;1-3-4-2;1-3-2;3*1-2/h10-14H,8-9H2,1-7H3;3H,1,4H2,2H3;3H,1H2,2H3;1-2H3;1-2H2;1H2. The lowest BCUT2D eigenvalue weighted by Gasteiger charge is -2.22. The monoisotopic (exact) mass is 432 g/mol. The van der Waals surface area contributed by atoms with Crippen LogP contribution in [0.15, 0.2) is 50.6 Å². The van der Waals surface area contributed by atoms with Crippen LogP contribution >= 0.6 is 0 Å². The van der Waals surface area contributed by atoms with Crippen molar-refractivity contribution in [2.75, 3.05) is 0 Å². The SMILES string of the molecule is C=C.C=CC.C=CCC.C=O.CC.CCCc1c(C(C)C)cc(C(C)C)cc1C(C)C. The summed E-state index contributed by atoms with van der Waals surface area (Å²) in [4.78, 5) is 8.00. The van der Waals surface area contributed by atoms with E-state index in [2.05, 4.69) is 93.8 Å². The molecule has 1 heteroatoms. The Morgan fingerprint density at radius 1 is 0.806 bits per heavy atom. The number of allylic oxidation sites excluding steroid dienone is 2. The molecule has 182 valence electrons. The molecule has 0 atom stereocenters. The molecule has 0 N–H and O–H groups in total. The Kier molecular flexibility index (Phi) is 38.7.